The van der Waals surface area contributed by atoms with Crippen LogP contribution in [0.1, 0.15) is 5.56 Å². The molecule has 0 saturated carbocycles. The molecular weight excluding hydrogens is 435 g/mol. The van der Waals surface area contributed by atoms with E-state index in [2.05, 4.69) is 30.1 Å². The summed E-state index contributed by atoms with van der Waals surface area (Å²) in [6.45, 7) is 1.04. The molecule has 12 heteroatoms. The number of hydrogen-bond acceptors (Lipinski definition) is 8. The Morgan fingerprint density at radius 2 is 2.03 bits per heavy atom. The summed E-state index contributed by atoms with van der Waals surface area (Å²) in [6, 6.07) is 6.73. The minimum Gasteiger partial charge on any atom is -0.365 e. The lowest BCUT2D eigenvalue weighted by molar-refractivity contribution is 0.529. The third-order valence-electron chi connectivity index (χ3n) is 5.61. The smallest absolute Gasteiger partial charge is 0.229 e. The van der Waals surface area contributed by atoms with Crippen molar-refractivity contribution in [3.63, 3.8) is 0 Å². The van der Waals surface area contributed by atoms with Gasteiger partial charge in [0, 0.05) is 38.3 Å². The zero-order valence-electron chi connectivity index (χ0n) is 17.4. The number of hydrogen-bond donors (Lipinski definition) is 2. The monoisotopic (exact) mass is 456 g/mol. The van der Waals surface area contributed by atoms with Crippen molar-refractivity contribution in [2.75, 3.05) is 30.4 Å². The van der Waals surface area contributed by atoms with E-state index in [4.69, 9.17) is 0 Å². The highest BCUT2D eigenvalue weighted by Crippen LogP contribution is 2.27. The van der Waals surface area contributed by atoms with Crippen molar-refractivity contribution in [2.45, 2.75) is 11.8 Å². The second-order valence-corrected chi connectivity index (χ2v) is 9.83. The van der Waals surface area contributed by atoms with E-state index in [1.807, 2.05) is 17.0 Å². The summed E-state index contributed by atoms with van der Waals surface area (Å²) in [5, 5.41) is 8.53. The molecular formula is C20H21FN8O2S. The largest absolute Gasteiger partial charge is 0.365 e. The first-order valence-electron chi connectivity index (χ1n) is 10.00. The third-order valence-corrected chi connectivity index (χ3v) is 7.36. The lowest BCUT2D eigenvalue weighted by Gasteiger charge is -2.38. The molecule has 0 atom stereocenters. The molecule has 1 aromatic carbocycles. The molecule has 4 heterocycles. The summed E-state index contributed by atoms with van der Waals surface area (Å²) in [6.07, 6.45) is 3.31. The lowest BCUT2D eigenvalue weighted by atomic mass is 10.1. The van der Waals surface area contributed by atoms with Crippen molar-refractivity contribution in [1.29, 1.82) is 0 Å². The molecule has 5 rings (SSSR count). The molecule has 10 nitrogen and oxygen atoms in total. The van der Waals surface area contributed by atoms with E-state index in [9.17, 15) is 12.8 Å². The van der Waals surface area contributed by atoms with Crippen LogP contribution in [0.25, 0.3) is 21.9 Å². The van der Waals surface area contributed by atoms with Crippen molar-refractivity contribution < 1.29 is 12.8 Å². The maximum Gasteiger partial charge on any atom is 0.229 e. The summed E-state index contributed by atoms with van der Waals surface area (Å²) < 4.78 is 41.9. The van der Waals surface area contributed by atoms with Gasteiger partial charge >= 0.3 is 0 Å². The number of halogens is 1. The predicted octanol–water partition coefficient (Wildman–Crippen LogP) is 1.40. The highest BCUT2D eigenvalue weighted by Gasteiger charge is 2.38. The molecule has 0 spiro atoms. The van der Waals surface area contributed by atoms with E-state index in [1.165, 1.54) is 13.1 Å². The van der Waals surface area contributed by atoms with Crippen molar-refractivity contribution >= 4 is 43.7 Å². The zero-order chi connectivity index (χ0) is 22.5. The first-order valence-corrected chi connectivity index (χ1v) is 11.5. The van der Waals surface area contributed by atoms with Crippen molar-refractivity contribution in [2.24, 2.45) is 7.05 Å². The van der Waals surface area contributed by atoms with Gasteiger partial charge in [0.2, 0.25) is 16.0 Å². The van der Waals surface area contributed by atoms with E-state index in [0.717, 1.165) is 16.3 Å². The fourth-order valence-corrected chi connectivity index (χ4v) is 4.79. The van der Waals surface area contributed by atoms with Crippen LogP contribution in [0.4, 0.5) is 16.2 Å². The molecule has 2 N–H and O–H groups in total. The molecule has 1 aliphatic heterocycles. The molecule has 0 radical (unpaired) electrons. The fraction of sp³-hybridized carbons (Fsp3) is 0.300. The molecule has 166 valence electrons. The summed E-state index contributed by atoms with van der Waals surface area (Å²) in [5.74, 6) is 0.662. The van der Waals surface area contributed by atoms with E-state index < -0.39 is 15.3 Å². The average Bonchev–Trinajstić information content (AvgIpc) is 3.12. The number of aryl methyl sites for hydroxylation is 1. The van der Waals surface area contributed by atoms with Crippen LogP contribution in [0.3, 0.4) is 0 Å². The van der Waals surface area contributed by atoms with E-state index in [1.54, 1.807) is 30.2 Å². The maximum atomic E-state index is 13.9. The lowest BCUT2D eigenvalue weighted by Crippen LogP contribution is -2.57. The van der Waals surface area contributed by atoms with Crippen LogP contribution in [0.2, 0.25) is 0 Å². The summed E-state index contributed by atoms with van der Waals surface area (Å²) in [4.78, 5) is 15.2. The Balaban J connectivity index is 1.41. The number of nitrogens with one attached hydrogen (secondary N) is 2. The number of fused-ring (bicyclic) bond motifs is 2. The van der Waals surface area contributed by atoms with E-state index >= 15 is 0 Å². The second kappa shape index (κ2) is 7.64. The Morgan fingerprint density at radius 1 is 1.22 bits per heavy atom. The number of nitrogens with zero attached hydrogens (tertiary/aromatic N) is 6. The summed E-state index contributed by atoms with van der Waals surface area (Å²) in [7, 11) is -0.136. The zero-order valence-corrected chi connectivity index (χ0v) is 18.3. The molecule has 3 aromatic heterocycles. The van der Waals surface area contributed by atoms with Gasteiger partial charge in [-0.05, 0) is 24.7 Å². The van der Waals surface area contributed by atoms with Crippen molar-refractivity contribution in [3.05, 3.63) is 48.0 Å². The molecule has 1 aliphatic rings. The Bertz CT molecular complexity index is 1430. The van der Waals surface area contributed by atoms with Crippen LogP contribution in [-0.2, 0) is 23.6 Å². The Labute approximate surface area is 183 Å². The summed E-state index contributed by atoms with van der Waals surface area (Å²) >= 11 is 0. The molecule has 0 aliphatic carbocycles. The first kappa shape index (κ1) is 20.5. The number of para-hydroxylation sites is 1. The Kier molecular flexibility index (Phi) is 4.90. The molecule has 0 amide bonds. The van der Waals surface area contributed by atoms with Crippen LogP contribution >= 0.6 is 0 Å². The average molecular weight is 457 g/mol. The van der Waals surface area contributed by atoms with Gasteiger partial charge in [-0.2, -0.15) is 15.1 Å². The van der Waals surface area contributed by atoms with Gasteiger partial charge < -0.3 is 10.2 Å². The molecule has 4 aromatic rings. The van der Waals surface area contributed by atoms with Crippen LogP contribution in [0, 0.1) is 5.82 Å². The van der Waals surface area contributed by atoms with Gasteiger partial charge in [-0.3, -0.25) is 9.67 Å². The number of anilines is 2. The molecule has 32 heavy (non-hydrogen) atoms. The number of aromatic nitrogens is 5. The van der Waals surface area contributed by atoms with Gasteiger partial charge in [0.05, 0.1) is 11.6 Å². The van der Waals surface area contributed by atoms with Crippen LogP contribution in [-0.4, -0.2) is 58.5 Å². The molecule has 0 unspecified atom stereocenters. The number of sulfonamides is 1. The van der Waals surface area contributed by atoms with Gasteiger partial charge in [0.25, 0.3) is 0 Å². The van der Waals surface area contributed by atoms with Crippen LogP contribution in [0.15, 0.2) is 36.7 Å². The Morgan fingerprint density at radius 3 is 2.81 bits per heavy atom. The minimum atomic E-state index is -3.33. The molecule has 1 fully saturated rings. The van der Waals surface area contributed by atoms with Crippen LogP contribution < -0.4 is 14.9 Å². The normalized spacial score (nSPS) is 14.8. The SMILES string of the molecule is CNS(=O)(=O)C1CN(c2nc(NCc3cnc4c(F)cccc4c3)c3cnn(C)c3n2)C1. The van der Waals surface area contributed by atoms with Gasteiger partial charge in [-0.1, -0.05) is 12.1 Å². The second-order valence-electron chi connectivity index (χ2n) is 7.66. The highest BCUT2D eigenvalue weighted by molar-refractivity contribution is 7.90. The first-order chi connectivity index (χ1) is 15.4. The molecule has 1 saturated heterocycles. The summed E-state index contributed by atoms with van der Waals surface area (Å²) in [5.41, 5.74) is 1.83. The fourth-order valence-electron chi connectivity index (χ4n) is 3.70. The predicted molar refractivity (Wildman–Crippen MR) is 119 cm³/mol. The van der Waals surface area contributed by atoms with Gasteiger partial charge in [0.15, 0.2) is 5.65 Å². The van der Waals surface area contributed by atoms with E-state index in [-0.39, 0.29) is 5.82 Å². The van der Waals surface area contributed by atoms with Crippen LogP contribution in [0.5, 0.6) is 0 Å². The van der Waals surface area contributed by atoms with Crippen molar-refractivity contribution in [3.8, 4) is 0 Å². The number of benzene rings is 1. The minimum absolute atomic E-state index is 0.312. The number of pyridine rings is 1. The maximum absolute atomic E-state index is 13.9. The number of rotatable bonds is 6. The highest BCUT2D eigenvalue weighted by atomic mass is 32.2. The third kappa shape index (κ3) is 3.50. The van der Waals surface area contributed by atoms with Gasteiger partial charge in [-0.25, -0.2) is 17.5 Å². The van der Waals surface area contributed by atoms with Gasteiger partial charge in [-0.15, -0.1) is 0 Å². The topological polar surface area (TPSA) is 118 Å². The quantitative estimate of drug-likeness (QED) is 0.447. The Hall–Kier alpha value is -3.38. The molecule has 0 bridgehead atoms. The standard InChI is InChI=1S/C20H21FN8O2S/c1-22-32(30,31)14-10-29(11-14)20-26-18(15-9-25-28(2)19(15)27-20)24-8-12-6-13-4-3-5-16(21)17(13)23-7-12/h3-7,9,14,22H,8,10-11H2,1-2H3,(H,24,26,27). The van der Waals surface area contributed by atoms with E-state index in [0.29, 0.717) is 42.6 Å². The van der Waals surface area contributed by atoms with Crippen molar-refractivity contribution in [1.82, 2.24) is 29.5 Å². The van der Waals surface area contributed by atoms with Gasteiger partial charge in [0.1, 0.15) is 22.4 Å².